The van der Waals surface area contributed by atoms with E-state index in [4.69, 9.17) is 10.5 Å². The fourth-order valence-corrected chi connectivity index (χ4v) is 5.21. The maximum Gasteiger partial charge on any atom is 0.154 e. The number of nitrogens with one attached hydrogen (secondary N) is 3. The number of aromatic amines is 1. The molecule has 1 unspecified atom stereocenters. The summed E-state index contributed by atoms with van der Waals surface area (Å²) in [6.07, 6.45) is 0.820. The van der Waals surface area contributed by atoms with Crippen LogP contribution in [-0.4, -0.2) is 46.8 Å². The average Bonchev–Trinajstić information content (AvgIpc) is 3.40. The minimum Gasteiger partial charge on any atom is -0.384 e. The van der Waals surface area contributed by atoms with Gasteiger partial charge in [-0.3, -0.25) is 4.90 Å². The highest BCUT2D eigenvalue weighted by Gasteiger charge is 2.35. The maximum absolute atomic E-state index is 6.24. The molecule has 0 aliphatic carbocycles. The van der Waals surface area contributed by atoms with Crippen LogP contribution in [0.1, 0.15) is 23.6 Å². The predicted molar refractivity (Wildman–Crippen MR) is 143 cm³/mol. The highest BCUT2D eigenvalue weighted by atomic mass is 16.5. The van der Waals surface area contributed by atoms with Crippen molar-refractivity contribution in [1.29, 1.82) is 0 Å². The van der Waals surface area contributed by atoms with Crippen molar-refractivity contribution >= 4 is 28.2 Å². The molecule has 1 atom stereocenters. The second-order valence-corrected chi connectivity index (χ2v) is 10.1. The molecule has 5 N–H and O–H groups in total. The molecule has 35 heavy (non-hydrogen) atoms. The Labute approximate surface area is 205 Å². The van der Waals surface area contributed by atoms with Crippen molar-refractivity contribution < 1.29 is 4.74 Å². The largest absolute Gasteiger partial charge is 0.384 e. The van der Waals surface area contributed by atoms with Gasteiger partial charge in [-0.25, -0.2) is 4.98 Å². The zero-order valence-corrected chi connectivity index (χ0v) is 20.3. The first-order valence-corrected chi connectivity index (χ1v) is 12.3. The van der Waals surface area contributed by atoms with E-state index in [1.807, 2.05) is 6.07 Å². The summed E-state index contributed by atoms with van der Waals surface area (Å²) >= 11 is 0. The normalized spacial score (nSPS) is 19.9. The Balaban J connectivity index is 1.29. The first-order chi connectivity index (χ1) is 16.9. The van der Waals surface area contributed by atoms with E-state index in [-0.39, 0.29) is 5.66 Å². The number of nitrogen functional groups attached to an aromatic ring is 1. The molecular weight excluding hydrogens is 436 g/mol. The number of aryl methyl sites for hydroxylation is 1. The van der Waals surface area contributed by atoms with Crippen LogP contribution in [0, 0.1) is 6.92 Å². The summed E-state index contributed by atoms with van der Waals surface area (Å²) in [6.45, 7) is 8.82. The van der Waals surface area contributed by atoms with E-state index in [1.54, 1.807) is 0 Å². The lowest BCUT2D eigenvalue weighted by molar-refractivity contribution is 0.0342. The van der Waals surface area contributed by atoms with Crippen molar-refractivity contribution in [3.63, 3.8) is 0 Å². The monoisotopic (exact) mass is 468 g/mol. The van der Waals surface area contributed by atoms with E-state index in [9.17, 15) is 0 Å². The van der Waals surface area contributed by atoms with E-state index in [0.29, 0.717) is 5.82 Å². The Bertz CT molecular complexity index is 1370. The smallest absolute Gasteiger partial charge is 0.154 e. The highest BCUT2D eigenvalue weighted by Crippen LogP contribution is 2.42. The van der Waals surface area contributed by atoms with Crippen molar-refractivity contribution in [1.82, 2.24) is 14.9 Å². The van der Waals surface area contributed by atoms with Gasteiger partial charge >= 0.3 is 0 Å². The molecule has 0 bridgehead atoms. The van der Waals surface area contributed by atoms with Gasteiger partial charge in [-0.15, -0.1) is 0 Å². The van der Waals surface area contributed by atoms with Gasteiger partial charge in [-0.1, -0.05) is 35.9 Å². The number of fused-ring (bicyclic) bond motifs is 2. The van der Waals surface area contributed by atoms with Gasteiger partial charge in [0.2, 0.25) is 0 Å². The predicted octanol–water partition coefficient (Wildman–Crippen LogP) is 4.75. The number of hydrogen-bond donors (Lipinski definition) is 4. The average molecular weight is 469 g/mol. The summed E-state index contributed by atoms with van der Waals surface area (Å²) in [5, 5.41) is 8.49. The van der Waals surface area contributed by atoms with Crippen molar-refractivity contribution in [3.05, 3.63) is 71.3 Å². The van der Waals surface area contributed by atoms with Crippen LogP contribution in [0.25, 0.3) is 22.2 Å². The summed E-state index contributed by atoms with van der Waals surface area (Å²) in [5.74, 6) is 1.29. The van der Waals surface area contributed by atoms with Gasteiger partial charge in [0.1, 0.15) is 11.5 Å². The molecule has 0 saturated carbocycles. The number of anilines is 3. The van der Waals surface area contributed by atoms with E-state index in [0.717, 1.165) is 67.5 Å². The zero-order valence-electron chi connectivity index (χ0n) is 20.3. The van der Waals surface area contributed by atoms with Gasteiger partial charge in [0.25, 0.3) is 0 Å². The SMILES string of the molecule is Cc1ccc(CC2(C)Nc3nc(N)cc(-c4cc5cc(CN6CCOCC6)ccc5[nH]4)c3N2)cc1. The Morgan fingerprint density at radius 3 is 2.57 bits per heavy atom. The summed E-state index contributed by atoms with van der Waals surface area (Å²) < 4.78 is 5.49. The quantitative estimate of drug-likeness (QED) is 0.338. The number of benzene rings is 2. The topological polar surface area (TPSA) is 91.2 Å². The van der Waals surface area contributed by atoms with Crippen LogP contribution >= 0.6 is 0 Å². The fraction of sp³-hybridized carbons (Fsp3) is 0.321. The number of nitrogens with zero attached hydrogens (tertiary/aromatic N) is 2. The summed E-state index contributed by atoms with van der Waals surface area (Å²) in [6, 6.07) is 19.5. The minimum absolute atomic E-state index is 0.357. The van der Waals surface area contributed by atoms with Crippen molar-refractivity contribution in [2.75, 3.05) is 42.7 Å². The molecule has 1 fully saturated rings. The lowest BCUT2D eigenvalue weighted by Crippen LogP contribution is -2.40. The summed E-state index contributed by atoms with van der Waals surface area (Å²) in [7, 11) is 0. The molecule has 7 heteroatoms. The molecule has 2 aliphatic rings. The lowest BCUT2D eigenvalue weighted by atomic mass is 10.0. The van der Waals surface area contributed by atoms with Gasteiger partial charge < -0.3 is 26.1 Å². The Kier molecular flexibility index (Phi) is 5.39. The second kappa shape index (κ2) is 8.59. The van der Waals surface area contributed by atoms with E-state index in [2.05, 4.69) is 87.9 Å². The molecule has 0 amide bonds. The number of pyridine rings is 1. The number of morpholine rings is 1. The van der Waals surface area contributed by atoms with Gasteiger partial charge in [-0.2, -0.15) is 0 Å². The van der Waals surface area contributed by atoms with Crippen molar-refractivity contribution in [2.45, 2.75) is 32.5 Å². The van der Waals surface area contributed by atoms with Gasteiger partial charge in [-0.05, 0) is 49.2 Å². The number of rotatable bonds is 5. The molecule has 1 saturated heterocycles. The zero-order chi connectivity index (χ0) is 24.0. The summed E-state index contributed by atoms with van der Waals surface area (Å²) in [5.41, 5.74) is 13.9. The maximum atomic E-state index is 6.24. The molecule has 6 rings (SSSR count). The molecule has 7 nitrogen and oxygen atoms in total. The van der Waals surface area contributed by atoms with Crippen LogP contribution in [0.15, 0.2) is 54.6 Å². The number of ether oxygens (including phenoxy) is 1. The minimum atomic E-state index is -0.357. The first-order valence-electron chi connectivity index (χ1n) is 12.3. The van der Waals surface area contributed by atoms with E-state index >= 15 is 0 Å². The molecule has 0 spiro atoms. The third kappa shape index (κ3) is 4.45. The molecule has 4 aromatic rings. The van der Waals surface area contributed by atoms with Gasteiger partial charge in [0.15, 0.2) is 5.82 Å². The van der Waals surface area contributed by atoms with Crippen LogP contribution in [0.5, 0.6) is 0 Å². The number of H-pyrrole nitrogens is 1. The summed E-state index contributed by atoms with van der Waals surface area (Å²) in [4.78, 5) is 10.6. The second-order valence-electron chi connectivity index (χ2n) is 10.1. The number of nitrogens with two attached hydrogens (primary N) is 1. The molecule has 2 aromatic carbocycles. The molecular formula is C28H32N6O. The molecule has 0 radical (unpaired) electrons. The molecule has 180 valence electrons. The van der Waals surface area contributed by atoms with Crippen LogP contribution in [-0.2, 0) is 17.7 Å². The highest BCUT2D eigenvalue weighted by molar-refractivity contribution is 5.94. The third-order valence-electron chi connectivity index (χ3n) is 7.00. The third-order valence-corrected chi connectivity index (χ3v) is 7.00. The van der Waals surface area contributed by atoms with Crippen LogP contribution in [0.2, 0.25) is 0 Å². The number of aromatic nitrogens is 2. The van der Waals surface area contributed by atoms with Crippen molar-refractivity contribution in [2.24, 2.45) is 0 Å². The Hall–Kier alpha value is -3.55. The van der Waals surface area contributed by atoms with Crippen LogP contribution in [0.3, 0.4) is 0 Å². The standard InChI is InChI=1S/C28H32N6O/c1-18-3-5-19(6-4-18)16-28(2)32-26-22(15-25(29)31-27(26)33-28)24-14-21-13-20(7-8-23(21)30-24)17-34-9-11-35-12-10-34/h3-8,13-15,30,32H,9-12,16-17H2,1-2H3,(H3,29,31,33). The molecule has 4 heterocycles. The van der Waals surface area contributed by atoms with E-state index < -0.39 is 0 Å². The Morgan fingerprint density at radius 1 is 1.00 bits per heavy atom. The molecule has 2 aromatic heterocycles. The van der Waals surface area contributed by atoms with Gasteiger partial charge in [0, 0.05) is 48.2 Å². The van der Waals surface area contributed by atoms with Crippen LogP contribution in [0.4, 0.5) is 17.3 Å². The van der Waals surface area contributed by atoms with Gasteiger partial charge in [0.05, 0.1) is 18.9 Å². The lowest BCUT2D eigenvalue weighted by Gasteiger charge is -2.26. The van der Waals surface area contributed by atoms with Crippen LogP contribution < -0.4 is 16.4 Å². The number of hydrogen-bond acceptors (Lipinski definition) is 6. The first kappa shape index (κ1) is 21.9. The van der Waals surface area contributed by atoms with Crippen molar-refractivity contribution in [3.8, 4) is 11.3 Å². The molecule has 2 aliphatic heterocycles. The van der Waals surface area contributed by atoms with E-state index in [1.165, 1.54) is 22.1 Å². The Morgan fingerprint density at radius 2 is 1.77 bits per heavy atom. The fourth-order valence-electron chi connectivity index (χ4n) is 5.21.